The Labute approximate surface area is 129 Å². The molecule has 112 valence electrons. The minimum Gasteiger partial charge on any atom is -0.224 e. The summed E-state index contributed by atoms with van der Waals surface area (Å²) in [5, 5.41) is 8.47. The highest BCUT2D eigenvalue weighted by Crippen LogP contribution is 2.15. The first-order chi connectivity index (χ1) is 10.5. The van der Waals surface area contributed by atoms with Gasteiger partial charge in [-0.15, -0.1) is 0 Å². The lowest BCUT2D eigenvalue weighted by molar-refractivity contribution is 0.596. The van der Waals surface area contributed by atoms with Crippen LogP contribution in [0.4, 0.5) is 4.39 Å². The summed E-state index contributed by atoms with van der Waals surface area (Å²) >= 11 is 0. The second-order valence-electron chi connectivity index (χ2n) is 4.68. The first-order valence-corrected chi connectivity index (χ1v) is 8.30. The Bertz CT molecular complexity index is 801. The summed E-state index contributed by atoms with van der Waals surface area (Å²) in [5.41, 5.74) is 1.69. The molecule has 0 aliphatic heterocycles. The summed E-state index contributed by atoms with van der Waals surface area (Å²) in [6.45, 7) is 0. The van der Waals surface area contributed by atoms with Crippen LogP contribution in [0.15, 0.2) is 53.4 Å². The Morgan fingerprint density at radius 3 is 1.95 bits per heavy atom. The van der Waals surface area contributed by atoms with Gasteiger partial charge >= 0.3 is 0 Å². The minimum atomic E-state index is -3.40. The topological polar surface area (TPSA) is 57.9 Å². The number of hydrogen-bond acceptors (Lipinski definition) is 3. The normalized spacial score (nSPS) is 11.5. The number of nitriles is 1. The van der Waals surface area contributed by atoms with Crippen molar-refractivity contribution in [1.29, 1.82) is 5.26 Å². The van der Waals surface area contributed by atoms with E-state index >= 15 is 0 Å². The second kappa shape index (κ2) is 7.01. The average molecular weight is 315 g/mol. The summed E-state index contributed by atoms with van der Waals surface area (Å²) in [6.07, 6.45) is 3.62. The van der Waals surface area contributed by atoms with Crippen molar-refractivity contribution in [2.24, 2.45) is 0 Å². The Kier molecular flexibility index (Phi) is 5.08. The van der Waals surface area contributed by atoms with E-state index in [4.69, 9.17) is 5.26 Å². The third kappa shape index (κ3) is 4.27. The van der Waals surface area contributed by atoms with Crippen LogP contribution in [0.1, 0.15) is 17.5 Å². The van der Waals surface area contributed by atoms with Crippen LogP contribution in [0, 0.1) is 17.1 Å². The summed E-state index contributed by atoms with van der Waals surface area (Å²) in [6, 6.07) is 14.3. The molecule has 0 spiro atoms. The molecule has 2 aromatic rings. The van der Waals surface area contributed by atoms with Crippen LogP contribution >= 0.6 is 0 Å². The third-order valence-corrected chi connectivity index (χ3v) is 4.79. The number of benzene rings is 2. The van der Waals surface area contributed by atoms with Gasteiger partial charge in [0.1, 0.15) is 5.82 Å². The van der Waals surface area contributed by atoms with Gasteiger partial charge < -0.3 is 0 Å². The first-order valence-electron chi connectivity index (χ1n) is 6.65. The summed E-state index contributed by atoms with van der Waals surface area (Å²) in [4.78, 5) is 0.210. The fourth-order valence-electron chi connectivity index (χ4n) is 1.85. The van der Waals surface area contributed by atoms with Crippen molar-refractivity contribution in [3.63, 3.8) is 0 Å². The molecule has 0 saturated carbocycles. The summed E-state index contributed by atoms with van der Waals surface area (Å²) in [7, 11) is -3.40. The van der Waals surface area contributed by atoms with Crippen molar-refractivity contribution in [3.05, 3.63) is 65.5 Å². The minimum absolute atomic E-state index is 0.0193. The van der Waals surface area contributed by atoms with Gasteiger partial charge in [0, 0.05) is 6.42 Å². The van der Waals surface area contributed by atoms with E-state index in [1.54, 1.807) is 24.3 Å². The van der Waals surface area contributed by atoms with Crippen LogP contribution in [-0.4, -0.2) is 14.2 Å². The van der Waals surface area contributed by atoms with E-state index in [1.807, 2.05) is 18.2 Å². The van der Waals surface area contributed by atoms with Crippen molar-refractivity contribution in [2.45, 2.75) is 11.3 Å². The molecule has 2 aromatic carbocycles. The van der Waals surface area contributed by atoms with Gasteiger partial charge in [-0.3, -0.25) is 0 Å². The van der Waals surface area contributed by atoms with E-state index in [0.29, 0.717) is 0 Å². The molecule has 0 atom stereocenters. The number of nitrogens with zero attached hydrogens (tertiary/aromatic N) is 1. The molecule has 0 unspecified atom stereocenters. The van der Waals surface area contributed by atoms with Gasteiger partial charge in [-0.25, -0.2) is 12.8 Å². The van der Waals surface area contributed by atoms with E-state index in [9.17, 15) is 12.8 Å². The van der Waals surface area contributed by atoms with Crippen LogP contribution in [0.25, 0.3) is 12.2 Å². The van der Waals surface area contributed by atoms with Crippen LogP contribution < -0.4 is 0 Å². The molecule has 0 fully saturated rings. The maximum Gasteiger partial charge on any atom is 0.179 e. The average Bonchev–Trinajstić information content (AvgIpc) is 2.53. The van der Waals surface area contributed by atoms with E-state index in [1.165, 1.54) is 24.3 Å². The molecule has 0 aromatic heterocycles. The third-order valence-electron chi connectivity index (χ3n) is 3.06. The quantitative estimate of drug-likeness (QED) is 0.791. The Morgan fingerprint density at radius 2 is 1.45 bits per heavy atom. The molecule has 0 bridgehead atoms. The van der Waals surface area contributed by atoms with Crippen LogP contribution in [0.5, 0.6) is 0 Å². The standard InChI is InChI=1S/C17H14FNO2S/c18-16-8-4-14(5-9-16)2-3-15-6-10-17(11-7-15)22(20,21)13-1-12-19/h2-11H,1,13H2/b3-2+. The number of sulfone groups is 1. The van der Waals surface area contributed by atoms with E-state index in [0.717, 1.165) is 11.1 Å². The SMILES string of the molecule is N#CCCS(=O)(=O)c1ccc(/C=C/c2ccc(F)cc2)cc1. The molecule has 3 nitrogen and oxygen atoms in total. The molecule has 22 heavy (non-hydrogen) atoms. The second-order valence-corrected chi connectivity index (χ2v) is 6.79. The molecule has 5 heteroatoms. The number of halogens is 1. The van der Waals surface area contributed by atoms with Crippen molar-refractivity contribution in [3.8, 4) is 6.07 Å². The summed E-state index contributed by atoms with van der Waals surface area (Å²) < 4.78 is 36.6. The van der Waals surface area contributed by atoms with Gasteiger partial charge in [-0.2, -0.15) is 5.26 Å². The molecular formula is C17H14FNO2S. The molecule has 2 rings (SSSR count). The number of hydrogen-bond donors (Lipinski definition) is 0. The molecule has 0 aliphatic rings. The van der Waals surface area contributed by atoms with Crippen molar-refractivity contribution in [2.75, 3.05) is 5.75 Å². The lowest BCUT2D eigenvalue weighted by atomic mass is 10.1. The smallest absolute Gasteiger partial charge is 0.179 e. The highest BCUT2D eigenvalue weighted by molar-refractivity contribution is 7.91. The highest BCUT2D eigenvalue weighted by Gasteiger charge is 2.13. The zero-order chi connectivity index (χ0) is 16.0. The fourth-order valence-corrected chi connectivity index (χ4v) is 3.00. The Hall–Kier alpha value is -2.45. The maximum absolute atomic E-state index is 12.8. The van der Waals surface area contributed by atoms with Gasteiger partial charge in [0.25, 0.3) is 0 Å². The van der Waals surface area contributed by atoms with Crippen LogP contribution in [-0.2, 0) is 9.84 Å². The zero-order valence-corrected chi connectivity index (χ0v) is 12.6. The fraction of sp³-hybridized carbons (Fsp3) is 0.118. The molecule has 0 radical (unpaired) electrons. The van der Waals surface area contributed by atoms with E-state index in [2.05, 4.69) is 0 Å². The molecule has 0 amide bonds. The summed E-state index contributed by atoms with van der Waals surface area (Å²) in [5.74, 6) is -0.460. The monoisotopic (exact) mass is 315 g/mol. The van der Waals surface area contributed by atoms with Crippen molar-refractivity contribution in [1.82, 2.24) is 0 Å². The lowest BCUT2D eigenvalue weighted by Crippen LogP contribution is -2.05. The zero-order valence-electron chi connectivity index (χ0n) is 11.7. The maximum atomic E-state index is 12.8. The predicted octanol–water partition coefficient (Wildman–Crippen LogP) is 3.68. The van der Waals surface area contributed by atoms with Crippen molar-refractivity contribution < 1.29 is 12.8 Å². The highest BCUT2D eigenvalue weighted by atomic mass is 32.2. The molecule has 0 heterocycles. The van der Waals surface area contributed by atoms with Crippen LogP contribution in [0.2, 0.25) is 0 Å². The number of rotatable bonds is 5. The molecular weight excluding hydrogens is 301 g/mol. The molecule has 0 saturated heterocycles. The molecule has 0 N–H and O–H groups in total. The van der Waals surface area contributed by atoms with Gasteiger partial charge in [0.15, 0.2) is 9.84 Å². The van der Waals surface area contributed by atoms with Crippen LogP contribution in [0.3, 0.4) is 0 Å². The first kappa shape index (κ1) is 15.9. The van der Waals surface area contributed by atoms with E-state index < -0.39 is 9.84 Å². The lowest BCUT2D eigenvalue weighted by Gasteiger charge is -2.02. The molecule has 0 aliphatic carbocycles. The van der Waals surface area contributed by atoms with E-state index in [-0.39, 0.29) is 22.9 Å². The van der Waals surface area contributed by atoms with Gasteiger partial charge in [0.2, 0.25) is 0 Å². The Balaban J connectivity index is 2.12. The van der Waals surface area contributed by atoms with Gasteiger partial charge in [-0.1, -0.05) is 36.4 Å². The predicted molar refractivity (Wildman–Crippen MR) is 84.1 cm³/mol. The largest absolute Gasteiger partial charge is 0.224 e. The van der Waals surface area contributed by atoms with Gasteiger partial charge in [-0.05, 0) is 35.4 Å². The Morgan fingerprint density at radius 1 is 0.955 bits per heavy atom. The van der Waals surface area contributed by atoms with Crippen molar-refractivity contribution >= 4 is 22.0 Å². The van der Waals surface area contributed by atoms with Gasteiger partial charge in [0.05, 0.1) is 16.7 Å².